The van der Waals surface area contributed by atoms with Gasteiger partial charge in [-0.3, -0.25) is 9.59 Å². The van der Waals surface area contributed by atoms with Gasteiger partial charge in [-0.25, -0.2) is 0 Å². The maximum Gasteiger partial charge on any atom is 0.217 e. The van der Waals surface area contributed by atoms with E-state index in [9.17, 15) is 193 Å². The van der Waals surface area contributed by atoms with Gasteiger partial charge in [0.1, 0.15) is 293 Å². The van der Waals surface area contributed by atoms with Crippen LogP contribution in [0.25, 0.3) is 0 Å². The molecule has 60 atom stereocenters. The van der Waals surface area contributed by atoms with Gasteiger partial charge in [0.05, 0.1) is 79.3 Å². The standard InChI is InChI=1S/C76H128N2O61/c1-15(89)77-29-41(101)56(25(11-87)119-65(29)116)131-66-30(78-16(2)90)42(102)57(26(12-88)128-66)132-72-55(115)60(135-75-64(49(109)37(97)22(8-84)126-75)139-76-63(48(108)36(96)23(9-85)127-76)138-71-54(114)58(38(98)24(10-86)123-71)133-68-50(110)43(103)31(91)17(3-79)120-68)40(100)28(130-72)13-117-67-53(113)59(134-74-62(47(107)35(95)21(7-83)125-74)137-70-52(112)45(105)33(93)19(5-81)122-70)39(99)27(129-67)14-118-73-61(46(106)34(94)20(6-82)124-73)136-69-51(111)44(104)32(92)18(4-80)121-69/h17-76,79-88,91-116H,3-14H2,1-2H3,(H,77,89)(H,78,90)/t17-,18-,19-,20-,21-,22-,23-,24-,25-,26-,27-,28-,29-,30-,31+,32-,33-,34-,35-,36-,37-,38-,39-,40-,41-,42-,43+,44+,45+,46+,47+,48+,49+,50-,51+,52+,53+,54+,55+,56-,57-,58+,59+,60+,61+,62+,63+,64+,65-,66+,67+,68-,69-,70-,71-,72+,73+,74-,75-,76-/m1/s1. The van der Waals surface area contributed by atoms with Crippen molar-refractivity contribution in [3.8, 4) is 0 Å². The second kappa shape index (κ2) is 49.8. The van der Waals surface area contributed by atoms with E-state index in [0.717, 1.165) is 13.8 Å². The molecule has 12 fully saturated rings. The van der Waals surface area contributed by atoms with Crippen LogP contribution < -0.4 is 10.6 Å². The molecule has 2 amide bonds. The molecule has 0 spiro atoms. The summed E-state index contributed by atoms with van der Waals surface area (Å²) in [5, 5.41) is 408. The molecular formula is C76H128N2O61. The van der Waals surface area contributed by atoms with Crippen LogP contribution in [0.15, 0.2) is 0 Å². The Morgan fingerprint density at radius 1 is 0.187 bits per heavy atom. The molecule has 38 N–H and O–H groups in total. The number of carbonyl (C=O) groups excluding carboxylic acids is 2. The molecule has 0 unspecified atom stereocenters. The zero-order valence-corrected chi connectivity index (χ0v) is 73.4. The first kappa shape index (κ1) is 114. The summed E-state index contributed by atoms with van der Waals surface area (Å²) in [6.07, 6.45) is -130. The maximum atomic E-state index is 13.2. The molecule has 0 bridgehead atoms. The number of rotatable bonds is 36. The number of ether oxygens (including phenoxy) is 23. The van der Waals surface area contributed by atoms with Crippen LogP contribution in [0.5, 0.6) is 0 Å². The van der Waals surface area contributed by atoms with Crippen LogP contribution in [-0.4, -0.2) is 643 Å². The van der Waals surface area contributed by atoms with Gasteiger partial charge in [-0.1, -0.05) is 0 Å². The quantitative estimate of drug-likeness (QED) is 0.0277. The predicted molar refractivity (Wildman–Crippen MR) is 418 cm³/mol. The van der Waals surface area contributed by atoms with Crippen LogP contribution in [-0.2, 0) is 119 Å². The zero-order chi connectivity index (χ0) is 102. The van der Waals surface area contributed by atoms with Crippen LogP contribution in [0.2, 0.25) is 0 Å². The van der Waals surface area contributed by atoms with E-state index >= 15 is 0 Å². The fourth-order valence-corrected chi connectivity index (χ4v) is 17.9. The lowest BCUT2D eigenvalue weighted by Gasteiger charge is -2.51. The van der Waals surface area contributed by atoms with E-state index < -0.39 is 459 Å². The number of hydrogen-bond donors (Lipinski definition) is 38. The molecule has 12 saturated heterocycles. The van der Waals surface area contributed by atoms with E-state index in [1.807, 2.05) is 0 Å². The minimum absolute atomic E-state index is 0.840. The summed E-state index contributed by atoms with van der Waals surface area (Å²) in [4.78, 5) is 25.5. The van der Waals surface area contributed by atoms with Gasteiger partial charge in [-0.05, 0) is 0 Å². The first-order valence-electron chi connectivity index (χ1n) is 44.2. The predicted octanol–water partition coefficient (Wildman–Crippen LogP) is -26.9. The molecule has 0 aliphatic carbocycles. The molecule has 0 aromatic heterocycles. The van der Waals surface area contributed by atoms with Crippen LogP contribution in [0.4, 0.5) is 0 Å². The van der Waals surface area contributed by atoms with Gasteiger partial charge in [0, 0.05) is 13.8 Å². The van der Waals surface area contributed by atoms with E-state index in [-0.39, 0.29) is 0 Å². The Balaban J connectivity index is 0.905. The summed E-state index contributed by atoms with van der Waals surface area (Å²) in [5.41, 5.74) is 0. The molecule has 0 radical (unpaired) electrons. The zero-order valence-electron chi connectivity index (χ0n) is 73.4. The number of carbonyl (C=O) groups is 2. The Kier molecular flexibility index (Phi) is 41.0. The van der Waals surface area contributed by atoms with E-state index in [4.69, 9.17) is 109 Å². The van der Waals surface area contributed by atoms with Gasteiger partial charge in [-0.2, -0.15) is 0 Å². The second-order valence-corrected chi connectivity index (χ2v) is 35.2. The highest BCUT2D eigenvalue weighted by Crippen LogP contribution is 2.43. The molecule has 0 aromatic rings. The molecule has 12 rings (SSSR count). The lowest BCUT2D eigenvalue weighted by Crippen LogP contribution is -2.70. The molecule has 12 aliphatic heterocycles. The van der Waals surface area contributed by atoms with Gasteiger partial charge >= 0.3 is 0 Å². The Morgan fingerprint density at radius 3 is 0.734 bits per heavy atom. The molecular weight excluding hydrogens is 1920 g/mol. The summed E-state index contributed by atoms with van der Waals surface area (Å²) in [6.45, 7) is -12.4. The van der Waals surface area contributed by atoms with Crippen molar-refractivity contribution in [2.24, 2.45) is 0 Å². The highest BCUT2D eigenvalue weighted by atomic mass is 16.8. The van der Waals surface area contributed by atoms with Gasteiger partial charge in [0.25, 0.3) is 0 Å². The Morgan fingerprint density at radius 2 is 0.396 bits per heavy atom. The molecule has 139 heavy (non-hydrogen) atoms. The van der Waals surface area contributed by atoms with Crippen molar-refractivity contribution < 1.29 is 302 Å². The van der Waals surface area contributed by atoms with Crippen LogP contribution in [0.3, 0.4) is 0 Å². The number of hydrogen-bond acceptors (Lipinski definition) is 61. The summed E-state index contributed by atoms with van der Waals surface area (Å²) < 4.78 is 136. The normalized spacial score (nSPS) is 51.9. The minimum Gasteiger partial charge on any atom is -0.394 e. The van der Waals surface area contributed by atoms with E-state index in [2.05, 4.69) is 10.6 Å². The molecule has 12 heterocycles. The number of amides is 2. The van der Waals surface area contributed by atoms with Crippen molar-refractivity contribution in [3.05, 3.63) is 0 Å². The van der Waals surface area contributed by atoms with Crippen molar-refractivity contribution in [2.45, 2.75) is 382 Å². The van der Waals surface area contributed by atoms with Gasteiger partial charge in [-0.15, -0.1) is 0 Å². The van der Waals surface area contributed by atoms with Crippen LogP contribution in [0, 0.1) is 0 Å². The first-order valence-corrected chi connectivity index (χ1v) is 44.2. The summed E-state index contributed by atoms with van der Waals surface area (Å²) in [5.74, 6) is -1.86. The summed E-state index contributed by atoms with van der Waals surface area (Å²) in [7, 11) is 0. The van der Waals surface area contributed by atoms with Gasteiger partial charge in [0.2, 0.25) is 11.8 Å². The summed E-state index contributed by atoms with van der Waals surface area (Å²) in [6, 6.07) is -3.77. The lowest BCUT2D eigenvalue weighted by atomic mass is 9.94. The topological polar surface area (TPSA) is 999 Å². The first-order chi connectivity index (χ1) is 65.9. The Labute approximate surface area is 784 Å². The van der Waals surface area contributed by atoms with E-state index in [1.54, 1.807) is 0 Å². The Hall–Kier alpha value is -3.42. The van der Waals surface area contributed by atoms with Crippen LogP contribution in [0.1, 0.15) is 13.8 Å². The number of aliphatic hydroxyl groups excluding tert-OH is 36. The largest absolute Gasteiger partial charge is 0.394 e. The monoisotopic (exact) mass is 2040 g/mol. The molecule has 0 saturated carbocycles. The van der Waals surface area contributed by atoms with Crippen molar-refractivity contribution in [1.82, 2.24) is 10.6 Å². The molecule has 808 valence electrons. The molecule has 63 heteroatoms. The average Bonchev–Trinajstić information content (AvgIpc) is 0.764. The van der Waals surface area contributed by atoms with Gasteiger partial charge < -0.3 is 303 Å². The number of nitrogens with one attached hydrogen (secondary N) is 2. The highest BCUT2D eigenvalue weighted by molar-refractivity contribution is 5.73. The fraction of sp³-hybridized carbons (Fsp3) is 0.974. The Bertz CT molecular complexity index is 3730. The highest BCUT2D eigenvalue weighted by Gasteiger charge is 2.63. The third kappa shape index (κ3) is 24.5. The molecule has 63 nitrogen and oxygen atoms in total. The third-order valence-corrected chi connectivity index (χ3v) is 25.9. The van der Waals surface area contributed by atoms with E-state index in [0.29, 0.717) is 0 Å². The second-order valence-electron chi connectivity index (χ2n) is 35.2. The van der Waals surface area contributed by atoms with Crippen molar-refractivity contribution >= 4 is 11.8 Å². The van der Waals surface area contributed by atoms with Gasteiger partial charge in [0.15, 0.2) is 75.5 Å². The smallest absolute Gasteiger partial charge is 0.217 e. The van der Waals surface area contributed by atoms with Crippen molar-refractivity contribution in [1.29, 1.82) is 0 Å². The average molecular weight is 2050 g/mol. The molecule has 0 aromatic carbocycles. The summed E-state index contributed by atoms with van der Waals surface area (Å²) >= 11 is 0. The number of aliphatic hydroxyl groups is 36. The van der Waals surface area contributed by atoms with Crippen molar-refractivity contribution in [2.75, 3.05) is 79.3 Å². The maximum absolute atomic E-state index is 13.2. The lowest BCUT2D eigenvalue weighted by molar-refractivity contribution is -0.411. The fourth-order valence-electron chi connectivity index (χ4n) is 17.9. The third-order valence-electron chi connectivity index (χ3n) is 25.9. The minimum atomic E-state index is -2.75. The van der Waals surface area contributed by atoms with Crippen LogP contribution >= 0.6 is 0 Å². The molecule has 12 aliphatic rings. The van der Waals surface area contributed by atoms with E-state index in [1.165, 1.54) is 0 Å². The SMILES string of the molecule is CC(=O)N[C@@H]1[C@@H](O)[C@H](O[C@@H]2O[C@H](CO)[C@@H](O[C@@H]3O[C@H](CO[C@H]4O[C@H](CO[C@H]5O[C@H](CO)[C@@H](O)[C@H](O)[C@@H]5O[C@H]5O[C@H](CO)[C@@H](O)[C@H](O)[C@@H]5O)[C@@H](O)[C@H](O[C@H]5O[C@H](CO)[C@@H](O)[C@H](O)[C@@H]5O[C@H]5O[C@H](CO)[C@@H](O)[C@H](O)[C@@H]5O)[C@@H]4O)[C@@H](O)[C@H](O[C@H]4O[C@H](CO)[C@@H](O)[C@H](O)[C@@H]4O[C@H]4O[C@H](CO)[C@@H](O)[C@H](O)[C@@H]4O[C@H]4O[C@H](CO)[C@@H](O)[C@H](O[C@H]5O[C@H](CO)[C@H](O)[C@H](O)[C@H]5O)[C@@H]4O)[C@@H]3O)[C@H](O)[C@H]2NC(C)=O)[C@@H](CO)O[C@H]1O. The van der Waals surface area contributed by atoms with Crippen molar-refractivity contribution in [3.63, 3.8) is 0 Å².